The number of unbranched alkanes of at least 4 members (excludes halogenated alkanes) is 2. The van der Waals surface area contributed by atoms with Gasteiger partial charge in [0.05, 0.1) is 29.5 Å². The molecule has 1 aliphatic rings. The molecule has 0 saturated carbocycles. The van der Waals surface area contributed by atoms with Gasteiger partial charge < -0.3 is 15.0 Å². The van der Waals surface area contributed by atoms with Crippen LogP contribution >= 0.6 is 11.3 Å². The lowest BCUT2D eigenvalue weighted by molar-refractivity contribution is 0.102. The van der Waals surface area contributed by atoms with Crippen LogP contribution in [0.1, 0.15) is 36.7 Å². The van der Waals surface area contributed by atoms with E-state index in [1.54, 1.807) is 23.6 Å². The van der Waals surface area contributed by atoms with E-state index >= 15 is 0 Å². The summed E-state index contributed by atoms with van der Waals surface area (Å²) in [7, 11) is -3.46. The molecule has 1 aromatic heterocycles. The summed E-state index contributed by atoms with van der Waals surface area (Å²) in [4.78, 5) is 19.3. The fraction of sp³-hybridized carbons (Fsp3) is 0.474. The minimum absolute atomic E-state index is 0.0750. The van der Waals surface area contributed by atoms with Crippen molar-refractivity contribution in [2.45, 2.75) is 31.1 Å². The lowest BCUT2D eigenvalue weighted by atomic mass is 10.3. The van der Waals surface area contributed by atoms with E-state index in [1.807, 2.05) is 6.92 Å². The number of aromatic nitrogens is 1. The van der Waals surface area contributed by atoms with Gasteiger partial charge in [-0.15, -0.1) is 11.3 Å². The third-order valence-electron chi connectivity index (χ3n) is 4.49. The van der Waals surface area contributed by atoms with Crippen molar-refractivity contribution < 1.29 is 17.9 Å². The maximum absolute atomic E-state index is 12.7. The minimum atomic E-state index is -3.46. The van der Waals surface area contributed by atoms with Crippen molar-refractivity contribution in [3.63, 3.8) is 0 Å². The number of para-hydroxylation sites is 1. The highest BCUT2D eigenvalue weighted by atomic mass is 32.2. The van der Waals surface area contributed by atoms with Gasteiger partial charge >= 0.3 is 0 Å². The van der Waals surface area contributed by atoms with Gasteiger partial charge in [0.2, 0.25) is 0 Å². The Balaban J connectivity index is 1.73. The standard InChI is InChI=1S/C19H25N3O4S2/c1-2-3-6-13-28(24,25)17-8-5-4-7-15(17)20-18(23)16-14-27-19(21-16)22-9-11-26-12-10-22/h4-5,7-8,14H,2-3,6,9-13H2,1H3,(H,20,23). The summed E-state index contributed by atoms with van der Waals surface area (Å²) < 4.78 is 30.7. The largest absolute Gasteiger partial charge is 0.378 e. The van der Waals surface area contributed by atoms with Gasteiger partial charge in [-0.25, -0.2) is 13.4 Å². The molecule has 152 valence electrons. The monoisotopic (exact) mass is 423 g/mol. The van der Waals surface area contributed by atoms with E-state index in [0.717, 1.165) is 31.1 Å². The van der Waals surface area contributed by atoms with Crippen LogP contribution < -0.4 is 10.2 Å². The van der Waals surface area contributed by atoms with E-state index in [1.165, 1.54) is 17.4 Å². The fourth-order valence-corrected chi connectivity index (χ4v) is 5.35. The number of carbonyl (C=O) groups excluding carboxylic acids is 1. The van der Waals surface area contributed by atoms with Crippen molar-refractivity contribution in [1.82, 2.24) is 4.98 Å². The second-order valence-electron chi connectivity index (χ2n) is 6.59. The molecule has 3 rings (SSSR count). The van der Waals surface area contributed by atoms with Crippen molar-refractivity contribution in [3.8, 4) is 0 Å². The predicted molar refractivity (Wildman–Crippen MR) is 111 cm³/mol. The average Bonchev–Trinajstić information content (AvgIpc) is 3.19. The average molecular weight is 424 g/mol. The Hall–Kier alpha value is -1.97. The van der Waals surface area contributed by atoms with Crippen LogP contribution in [0.2, 0.25) is 0 Å². The summed E-state index contributed by atoms with van der Waals surface area (Å²) in [5, 5.41) is 5.19. The topological polar surface area (TPSA) is 88.6 Å². The number of carbonyl (C=O) groups is 1. The molecule has 0 bridgehead atoms. The number of ether oxygens (including phenoxy) is 1. The number of hydrogen-bond donors (Lipinski definition) is 1. The molecule has 9 heteroatoms. The second-order valence-corrected chi connectivity index (χ2v) is 9.51. The van der Waals surface area contributed by atoms with Gasteiger partial charge in [-0.3, -0.25) is 4.79 Å². The molecule has 1 fully saturated rings. The number of sulfone groups is 1. The third-order valence-corrected chi connectivity index (χ3v) is 7.25. The van der Waals surface area contributed by atoms with Gasteiger partial charge in [0.25, 0.3) is 5.91 Å². The number of morpholine rings is 1. The van der Waals surface area contributed by atoms with Crippen LogP contribution in [0.4, 0.5) is 10.8 Å². The molecule has 2 aromatic rings. The predicted octanol–water partition coefficient (Wildman–Crippen LogP) is 3.20. The number of benzene rings is 1. The van der Waals surface area contributed by atoms with Crippen LogP contribution in [0.25, 0.3) is 0 Å². The Morgan fingerprint density at radius 1 is 1.25 bits per heavy atom. The number of hydrogen-bond acceptors (Lipinski definition) is 7. The molecular formula is C19H25N3O4S2. The Morgan fingerprint density at radius 2 is 2.00 bits per heavy atom. The summed E-state index contributed by atoms with van der Waals surface area (Å²) in [6.07, 6.45) is 2.41. The van der Waals surface area contributed by atoms with Crippen molar-refractivity contribution >= 4 is 37.9 Å². The fourth-order valence-electron chi connectivity index (χ4n) is 2.95. The first kappa shape index (κ1) is 20.8. The molecule has 1 amide bonds. The van der Waals surface area contributed by atoms with Crippen LogP contribution in [0, 0.1) is 0 Å². The lowest BCUT2D eigenvalue weighted by Crippen LogP contribution is -2.36. The smallest absolute Gasteiger partial charge is 0.275 e. The van der Waals surface area contributed by atoms with E-state index in [4.69, 9.17) is 4.74 Å². The number of rotatable bonds is 8. The first-order chi connectivity index (χ1) is 13.5. The van der Waals surface area contributed by atoms with Crippen molar-refractivity contribution in [1.29, 1.82) is 0 Å². The zero-order valence-electron chi connectivity index (χ0n) is 15.9. The highest BCUT2D eigenvalue weighted by Crippen LogP contribution is 2.25. The van der Waals surface area contributed by atoms with Crippen molar-refractivity contribution in [2.75, 3.05) is 42.3 Å². The molecule has 0 unspecified atom stereocenters. The van der Waals surface area contributed by atoms with Gasteiger partial charge in [0.1, 0.15) is 5.69 Å². The quantitative estimate of drug-likeness (QED) is 0.656. The lowest BCUT2D eigenvalue weighted by Gasteiger charge is -2.25. The Morgan fingerprint density at radius 3 is 2.75 bits per heavy atom. The number of anilines is 2. The molecule has 1 aromatic carbocycles. The summed E-state index contributed by atoms with van der Waals surface area (Å²) >= 11 is 1.40. The number of nitrogens with one attached hydrogen (secondary N) is 1. The number of nitrogens with zero attached hydrogens (tertiary/aromatic N) is 2. The molecule has 28 heavy (non-hydrogen) atoms. The zero-order valence-corrected chi connectivity index (χ0v) is 17.5. The Bertz CT molecular complexity index is 905. The van der Waals surface area contributed by atoms with Crippen LogP contribution in [0.3, 0.4) is 0 Å². The van der Waals surface area contributed by atoms with Crippen molar-refractivity contribution in [2.24, 2.45) is 0 Å². The highest BCUT2D eigenvalue weighted by molar-refractivity contribution is 7.91. The molecule has 0 aliphatic carbocycles. The molecule has 0 radical (unpaired) electrons. The van der Waals surface area contributed by atoms with Crippen LogP contribution in [0.5, 0.6) is 0 Å². The minimum Gasteiger partial charge on any atom is -0.378 e. The van der Waals surface area contributed by atoms with Gasteiger partial charge in [0.15, 0.2) is 15.0 Å². The van der Waals surface area contributed by atoms with Crippen LogP contribution in [0.15, 0.2) is 34.5 Å². The first-order valence-corrected chi connectivity index (χ1v) is 12.0. The van der Waals surface area contributed by atoms with E-state index in [9.17, 15) is 13.2 Å². The summed E-state index contributed by atoms with van der Waals surface area (Å²) in [6.45, 7) is 4.80. The zero-order chi connectivity index (χ0) is 20.0. The Labute approximate surface area is 169 Å². The van der Waals surface area contributed by atoms with E-state index in [2.05, 4.69) is 15.2 Å². The summed E-state index contributed by atoms with van der Waals surface area (Å²) in [5.41, 5.74) is 0.578. The normalized spacial score (nSPS) is 14.8. The van der Waals surface area contributed by atoms with Gasteiger partial charge in [-0.2, -0.15) is 0 Å². The Kier molecular flexibility index (Phi) is 7.03. The molecule has 1 saturated heterocycles. The van der Waals surface area contributed by atoms with E-state index in [0.29, 0.717) is 25.3 Å². The van der Waals surface area contributed by atoms with Crippen molar-refractivity contribution in [3.05, 3.63) is 35.3 Å². The SMILES string of the molecule is CCCCCS(=O)(=O)c1ccccc1NC(=O)c1csc(N2CCOCC2)n1. The van der Waals surface area contributed by atoms with E-state index in [-0.39, 0.29) is 16.3 Å². The number of amides is 1. The first-order valence-electron chi connectivity index (χ1n) is 9.42. The summed E-state index contributed by atoms with van der Waals surface area (Å²) in [5.74, 6) is -0.335. The molecule has 2 heterocycles. The molecule has 0 spiro atoms. The summed E-state index contributed by atoms with van der Waals surface area (Å²) in [6, 6.07) is 6.53. The third kappa shape index (κ3) is 5.09. The molecule has 0 atom stereocenters. The maximum Gasteiger partial charge on any atom is 0.275 e. The van der Waals surface area contributed by atoms with Gasteiger partial charge in [-0.05, 0) is 18.6 Å². The molecular weight excluding hydrogens is 398 g/mol. The maximum atomic E-state index is 12.7. The highest BCUT2D eigenvalue weighted by Gasteiger charge is 2.21. The van der Waals surface area contributed by atoms with Crippen LogP contribution in [-0.2, 0) is 14.6 Å². The van der Waals surface area contributed by atoms with Gasteiger partial charge in [0, 0.05) is 18.5 Å². The van der Waals surface area contributed by atoms with Crippen LogP contribution in [-0.4, -0.2) is 51.4 Å². The van der Waals surface area contributed by atoms with Gasteiger partial charge in [-0.1, -0.05) is 31.9 Å². The molecule has 1 N–H and O–H groups in total. The molecule has 7 nitrogen and oxygen atoms in total. The second kappa shape index (κ2) is 9.49. The number of thiazole rings is 1. The molecule has 1 aliphatic heterocycles. The van der Waals surface area contributed by atoms with E-state index < -0.39 is 15.7 Å².